The van der Waals surface area contributed by atoms with Crippen LogP contribution in [0.4, 0.5) is 14.6 Å². The molecule has 0 radical (unpaired) electrons. The summed E-state index contributed by atoms with van der Waals surface area (Å²) in [5.41, 5.74) is -1.64. The van der Waals surface area contributed by atoms with Crippen molar-refractivity contribution in [3.05, 3.63) is 58.3 Å². The monoisotopic (exact) mass is 606 g/mol. The summed E-state index contributed by atoms with van der Waals surface area (Å²) < 4.78 is 72.1. The summed E-state index contributed by atoms with van der Waals surface area (Å²) in [5, 5.41) is 15.6. The molecule has 2 aromatic heterocycles. The fraction of sp³-hybridized carbons (Fsp3) is 0.485. The van der Waals surface area contributed by atoms with Crippen molar-refractivity contribution in [2.24, 2.45) is 0 Å². The van der Waals surface area contributed by atoms with E-state index >= 15 is 4.39 Å². The molecule has 4 aliphatic heterocycles. The van der Waals surface area contributed by atoms with Crippen LogP contribution in [0.25, 0.3) is 27.4 Å². The van der Waals surface area contributed by atoms with Gasteiger partial charge in [0.25, 0.3) is 5.56 Å². The van der Waals surface area contributed by atoms with E-state index in [2.05, 4.69) is 15.3 Å². The summed E-state index contributed by atoms with van der Waals surface area (Å²) in [6, 6.07) is 7.46. The standard InChI is InChI=1S/C33H36F2N6O3/c1-2-24-26(35)7-4-19-12-23(42)13-27(28(19)24)41-11-8-25-29(31(41)43)37-32(38-30(25)39-16-21-5-6-22(17-39)36-21)44-18-33-9-3-10-40(33)15-20(34)14-33/h4,7-8,11-13,20-22,36,42H,2-3,5-6,9-10,14-18H2,1H3/t20-,21-,22+,33+/m1/s1/i10D2,18D2. The van der Waals surface area contributed by atoms with Crippen molar-refractivity contribution in [3.63, 3.8) is 0 Å². The fourth-order valence-electron chi connectivity index (χ4n) is 7.60. The molecule has 8 rings (SSSR count). The summed E-state index contributed by atoms with van der Waals surface area (Å²) in [4.78, 5) is 26.8. The first-order valence-corrected chi connectivity index (χ1v) is 15.3. The molecule has 230 valence electrons. The topological polar surface area (TPSA) is 95.8 Å². The minimum absolute atomic E-state index is 0.0128. The zero-order chi connectivity index (χ0) is 33.7. The number of phenols is 1. The van der Waals surface area contributed by atoms with Gasteiger partial charge in [0.05, 0.1) is 19.4 Å². The van der Waals surface area contributed by atoms with Crippen LogP contribution >= 0.6 is 0 Å². The Bertz CT molecular complexity index is 2020. The largest absolute Gasteiger partial charge is 0.508 e. The molecule has 4 fully saturated rings. The smallest absolute Gasteiger partial charge is 0.319 e. The Morgan fingerprint density at radius 3 is 2.82 bits per heavy atom. The molecule has 2 N–H and O–H groups in total. The number of pyridine rings is 1. The molecule has 44 heavy (non-hydrogen) atoms. The number of aromatic hydroxyl groups is 1. The van der Waals surface area contributed by atoms with Crippen molar-refractivity contribution in [3.8, 4) is 17.4 Å². The lowest BCUT2D eigenvalue weighted by atomic mass is 9.95. The molecule has 0 aliphatic carbocycles. The van der Waals surface area contributed by atoms with Crippen LogP contribution in [0.3, 0.4) is 0 Å². The van der Waals surface area contributed by atoms with Crippen molar-refractivity contribution >= 4 is 27.5 Å². The number of halogens is 2. The molecular formula is C33H36F2N6O3. The molecule has 2 bridgehead atoms. The van der Waals surface area contributed by atoms with Gasteiger partial charge < -0.3 is 20.1 Å². The predicted octanol–water partition coefficient (Wildman–Crippen LogP) is 4.24. The molecule has 4 aliphatic rings. The van der Waals surface area contributed by atoms with E-state index in [1.54, 1.807) is 25.3 Å². The van der Waals surface area contributed by atoms with Crippen LogP contribution in [0.15, 0.2) is 41.3 Å². The van der Waals surface area contributed by atoms with Gasteiger partial charge in [-0.15, -0.1) is 0 Å². The lowest BCUT2D eigenvalue weighted by molar-refractivity contribution is 0.107. The highest BCUT2D eigenvalue weighted by Crippen LogP contribution is 2.41. The average molecular weight is 607 g/mol. The fourth-order valence-corrected chi connectivity index (χ4v) is 7.60. The van der Waals surface area contributed by atoms with Gasteiger partial charge in [-0.25, -0.2) is 8.78 Å². The number of hydrogen-bond donors (Lipinski definition) is 2. The van der Waals surface area contributed by atoms with Crippen LogP contribution in [0, 0.1) is 5.82 Å². The van der Waals surface area contributed by atoms with Crippen LogP contribution < -0.4 is 20.5 Å². The molecule has 0 unspecified atom stereocenters. The second-order valence-electron chi connectivity index (χ2n) is 12.4. The Labute approximate surface area is 259 Å². The molecule has 0 spiro atoms. The Balaban J connectivity index is 1.31. The van der Waals surface area contributed by atoms with Gasteiger partial charge in [0.2, 0.25) is 0 Å². The third-order valence-electron chi connectivity index (χ3n) is 9.61. The van der Waals surface area contributed by atoms with Crippen LogP contribution in [-0.4, -0.2) is 81.0 Å². The minimum Gasteiger partial charge on any atom is -0.508 e. The molecule has 6 heterocycles. The number of aromatic nitrogens is 3. The van der Waals surface area contributed by atoms with Gasteiger partial charge in [-0.05, 0) is 67.7 Å². The van der Waals surface area contributed by atoms with E-state index in [0.717, 1.165) is 12.8 Å². The van der Waals surface area contributed by atoms with E-state index in [0.29, 0.717) is 47.1 Å². The van der Waals surface area contributed by atoms with Crippen LogP contribution in [0.1, 0.15) is 50.1 Å². The third kappa shape index (κ3) is 4.42. The number of benzene rings is 2. The van der Waals surface area contributed by atoms with Gasteiger partial charge in [-0.2, -0.15) is 9.97 Å². The number of ether oxygens (including phenoxy) is 1. The maximum Gasteiger partial charge on any atom is 0.319 e. The van der Waals surface area contributed by atoms with Crippen LogP contribution in [-0.2, 0) is 6.42 Å². The predicted molar refractivity (Wildman–Crippen MR) is 164 cm³/mol. The van der Waals surface area contributed by atoms with E-state index in [4.69, 9.17) is 10.2 Å². The third-order valence-corrected chi connectivity index (χ3v) is 9.61. The number of nitrogens with zero attached hydrogens (tertiary/aromatic N) is 5. The van der Waals surface area contributed by atoms with Crippen molar-refractivity contribution in [2.75, 3.05) is 37.6 Å². The highest BCUT2D eigenvalue weighted by molar-refractivity contribution is 5.95. The molecule has 0 amide bonds. The van der Waals surface area contributed by atoms with Crippen molar-refractivity contribution in [1.82, 2.24) is 24.8 Å². The number of nitrogens with one attached hydrogen (secondary N) is 1. The molecule has 2 aromatic carbocycles. The van der Waals surface area contributed by atoms with Crippen LogP contribution in [0.5, 0.6) is 11.8 Å². The molecular weight excluding hydrogens is 566 g/mol. The van der Waals surface area contributed by atoms with Crippen molar-refractivity contribution in [2.45, 2.75) is 69.2 Å². The highest BCUT2D eigenvalue weighted by atomic mass is 19.1. The zero-order valence-electron chi connectivity index (χ0n) is 28.3. The first-order chi connectivity index (χ1) is 22.8. The highest BCUT2D eigenvalue weighted by Gasteiger charge is 2.49. The minimum atomic E-state index is -2.62. The van der Waals surface area contributed by atoms with Gasteiger partial charge in [0.1, 0.15) is 35.6 Å². The number of anilines is 1. The lowest BCUT2D eigenvalue weighted by Crippen LogP contribution is -2.51. The average Bonchev–Trinajstić information content (AvgIpc) is 3.66. The van der Waals surface area contributed by atoms with Crippen molar-refractivity contribution < 1.29 is 24.1 Å². The van der Waals surface area contributed by atoms with Gasteiger partial charge >= 0.3 is 6.01 Å². The van der Waals surface area contributed by atoms with E-state index in [9.17, 15) is 14.3 Å². The zero-order valence-corrected chi connectivity index (χ0v) is 24.3. The summed E-state index contributed by atoms with van der Waals surface area (Å²) in [6.07, 6.45) is 2.19. The Morgan fingerprint density at radius 1 is 1.20 bits per heavy atom. The summed E-state index contributed by atoms with van der Waals surface area (Å²) in [7, 11) is 0. The number of piperazine rings is 1. The van der Waals surface area contributed by atoms with Gasteiger partial charge in [-0.3, -0.25) is 14.3 Å². The SMILES string of the molecule is [2H]C1([2H])CC[C@@]2(C([2H])([2H])Oc3nc(N4C[C@H]5CC[C@@H](C4)N5)c4ccn(-c5cc(O)cc6ccc(F)c(CC)c56)c(=O)c4n3)C[C@@H](F)CN12. The van der Waals surface area contributed by atoms with Gasteiger partial charge in [0.15, 0.2) is 0 Å². The number of phenolic OH excluding ortho intramolecular Hbond substituents is 1. The Hall–Kier alpha value is -3.83. The molecule has 4 atom stereocenters. The normalized spacial score (nSPS) is 29.4. The second-order valence-corrected chi connectivity index (χ2v) is 12.4. The summed E-state index contributed by atoms with van der Waals surface area (Å²) in [6.45, 7) is -1.80. The van der Waals surface area contributed by atoms with E-state index < -0.39 is 42.2 Å². The second kappa shape index (κ2) is 10.4. The molecule has 0 saturated carbocycles. The summed E-state index contributed by atoms with van der Waals surface area (Å²) >= 11 is 0. The number of hydrogen-bond acceptors (Lipinski definition) is 8. The number of aryl methyl sites for hydroxylation is 1. The maximum absolute atomic E-state index is 15.0. The Morgan fingerprint density at radius 2 is 2.02 bits per heavy atom. The van der Waals surface area contributed by atoms with Crippen molar-refractivity contribution in [1.29, 1.82) is 0 Å². The molecule has 9 nitrogen and oxygen atoms in total. The van der Waals surface area contributed by atoms with E-state index in [1.807, 2.05) is 4.90 Å². The van der Waals surface area contributed by atoms with E-state index in [1.165, 1.54) is 27.7 Å². The van der Waals surface area contributed by atoms with Gasteiger partial charge in [-0.1, -0.05) is 13.0 Å². The summed E-state index contributed by atoms with van der Waals surface area (Å²) in [5.74, 6) is -0.160. The number of fused-ring (bicyclic) bond motifs is 5. The van der Waals surface area contributed by atoms with E-state index in [-0.39, 0.29) is 54.8 Å². The molecule has 4 saturated heterocycles. The first kappa shape index (κ1) is 23.5. The van der Waals surface area contributed by atoms with Gasteiger partial charge in [0, 0.05) is 58.5 Å². The maximum atomic E-state index is 15.0. The number of rotatable bonds is 6. The molecule has 11 heteroatoms. The Kier molecular flexibility index (Phi) is 5.55. The number of alkyl halides is 1. The first-order valence-electron chi connectivity index (χ1n) is 17.3. The lowest BCUT2D eigenvalue weighted by Gasteiger charge is -2.34. The van der Waals surface area contributed by atoms with Crippen LogP contribution in [0.2, 0.25) is 0 Å². The molecule has 4 aromatic rings. The quantitative estimate of drug-likeness (QED) is 0.337.